The first-order valence-electron chi connectivity index (χ1n) is 14.0. The van der Waals surface area contributed by atoms with E-state index in [0.717, 1.165) is 42.5 Å². The Morgan fingerprint density at radius 1 is 1.15 bits per heavy atom. The maximum Gasteiger partial charge on any atom is 0.311 e. The minimum Gasteiger partial charge on any atom is -0.466 e. The average Bonchev–Trinajstić information content (AvgIpc) is 3.48. The zero-order valence-corrected chi connectivity index (χ0v) is 24.6. The molecule has 0 amide bonds. The maximum absolute atomic E-state index is 13.7. The van der Waals surface area contributed by atoms with E-state index in [1.807, 2.05) is 13.0 Å². The van der Waals surface area contributed by atoms with E-state index in [1.165, 1.54) is 12.1 Å². The van der Waals surface area contributed by atoms with Crippen molar-refractivity contribution in [3.8, 4) is 0 Å². The van der Waals surface area contributed by atoms with Crippen molar-refractivity contribution < 1.29 is 18.7 Å². The first kappa shape index (κ1) is 30.9. The first-order chi connectivity index (χ1) is 19.7. The predicted octanol–water partition coefficient (Wildman–Crippen LogP) is 6.75. The van der Waals surface area contributed by atoms with Crippen molar-refractivity contribution in [2.45, 2.75) is 51.5 Å². The third-order valence-corrected chi connectivity index (χ3v) is 8.54. The van der Waals surface area contributed by atoms with Crippen LogP contribution in [0.1, 0.15) is 44.6 Å². The molecule has 2 aromatic carbocycles. The van der Waals surface area contributed by atoms with Gasteiger partial charge >= 0.3 is 5.97 Å². The van der Waals surface area contributed by atoms with Gasteiger partial charge in [-0.2, -0.15) is 0 Å². The van der Waals surface area contributed by atoms with Crippen LogP contribution in [0.2, 0.25) is 10.0 Å². The molecule has 4 N–H and O–H groups in total. The molecule has 0 heterocycles. The summed E-state index contributed by atoms with van der Waals surface area (Å²) >= 11 is 12.3. The number of ether oxygens (including phenoxy) is 1. The fourth-order valence-electron chi connectivity index (χ4n) is 6.01. The van der Waals surface area contributed by atoms with Crippen molar-refractivity contribution >= 4 is 46.9 Å². The largest absolute Gasteiger partial charge is 0.466 e. The Hall–Kier alpha value is -3.00. The smallest absolute Gasteiger partial charge is 0.311 e. The van der Waals surface area contributed by atoms with E-state index in [-0.39, 0.29) is 35.4 Å². The van der Waals surface area contributed by atoms with Crippen molar-refractivity contribution in [3.63, 3.8) is 0 Å². The molecular formula is C32H36Cl2FN3O3. The second kappa shape index (κ2) is 14.3. The molecule has 2 bridgehead atoms. The monoisotopic (exact) mass is 599 g/mol. The van der Waals surface area contributed by atoms with Crippen LogP contribution in [0.15, 0.2) is 70.9 Å². The van der Waals surface area contributed by atoms with Crippen molar-refractivity contribution in [1.29, 1.82) is 0 Å². The maximum atomic E-state index is 13.7. The van der Waals surface area contributed by atoms with Gasteiger partial charge in [-0.3, -0.25) is 14.6 Å². The van der Waals surface area contributed by atoms with E-state index < -0.39 is 0 Å². The number of carbonyl (C=O) groups excluding carboxylic acids is 2. The molecule has 3 unspecified atom stereocenters. The van der Waals surface area contributed by atoms with Crippen molar-refractivity contribution in [3.05, 3.63) is 87.3 Å². The average molecular weight is 601 g/mol. The summed E-state index contributed by atoms with van der Waals surface area (Å²) in [5, 5.41) is 0.951. The van der Waals surface area contributed by atoms with Crippen LogP contribution in [-0.2, 0) is 20.7 Å². The molecular weight excluding hydrogens is 564 g/mol. The Bertz CT molecular complexity index is 1360. The number of aliphatic imine (C=N–C) groups is 1. The lowest BCUT2D eigenvalue weighted by atomic mass is 9.88. The molecule has 41 heavy (non-hydrogen) atoms. The summed E-state index contributed by atoms with van der Waals surface area (Å²) < 4.78 is 18.7. The summed E-state index contributed by atoms with van der Waals surface area (Å²) in [6.07, 6.45) is 9.98. The zero-order valence-electron chi connectivity index (χ0n) is 23.1. The quantitative estimate of drug-likeness (QED) is 0.125. The van der Waals surface area contributed by atoms with Crippen LogP contribution in [0.4, 0.5) is 10.1 Å². The lowest BCUT2D eigenvalue weighted by molar-refractivity contribution is -0.149. The van der Waals surface area contributed by atoms with Crippen LogP contribution < -0.4 is 11.5 Å². The fraction of sp³-hybridized carbons (Fsp3) is 0.406. The highest BCUT2D eigenvalue weighted by molar-refractivity contribution is 6.36. The Labute approximate surface area is 250 Å². The number of nitrogens with two attached hydrogens (primary N) is 2. The molecule has 2 aromatic rings. The van der Waals surface area contributed by atoms with E-state index in [4.69, 9.17) is 44.4 Å². The molecule has 5 rings (SSSR count). The third kappa shape index (κ3) is 7.64. The van der Waals surface area contributed by atoms with Gasteiger partial charge in [0.15, 0.2) is 6.29 Å². The summed E-state index contributed by atoms with van der Waals surface area (Å²) in [5.74, 6) is 0.262. The molecule has 0 aromatic heterocycles. The molecule has 3 aliphatic rings. The normalized spacial score (nSPS) is 27.1. The van der Waals surface area contributed by atoms with Gasteiger partial charge in [-0.25, -0.2) is 4.39 Å². The zero-order chi connectivity index (χ0) is 29.5. The predicted molar refractivity (Wildman–Crippen MR) is 162 cm³/mol. The van der Waals surface area contributed by atoms with Crippen LogP contribution in [0.25, 0.3) is 0 Å². The topological polar surface area (TPSA) is 108 Å². The Kier molecular flexibility index (Phi) is 10.8. The molecule has 2 saturated carbocycles. The van der Waals surface area contributed by atoms with Crippen LogP contribution in [0.3, 0.4) is 0 Å². The minimum atomic E-state index is -0.270. The summed E-state index contributed by atoms with van der Waals surface area (Å²) in [6.45, 7) is 2.27. The van der Waals surface area contributed by atoms with Crippen molar-refractivity contribution in [1.82, 2.24) is 0 Å². The number of allylic oxidation sites excluding steroid dienone is 3. The number of hydrogen-bond acceptors (Lipinski definition) is 6. The number of hydrogen-bond donors (Lipinski definition) is 2. The summed E-state index contributed by atoms with van der Waals surface area (Å²) in [5.41, 5.74) is 15.1. The van der Waals surface area contributed by atoms with Gasteiger partial charge in [-0.15, -0.1) is 0 Å². The second-order valence-electron chi connectivity index (χ2n) is 10.7. The number of benzene rings is 2. The van der Waals surface area contributed by atoms with E-state index in [1.54, 1.807) is 24.3 Å². The first-order valence-corrected chi connectivity index (χ1v) is 14.8. The molecule has 9 heteroatoms. The van der Waals surface area contributed by atoms with Gasteiger partial charge in [0, 0.05) is 28.3 Å². The number of rotatable bonds is 6. The highest BCUT2D eigenvalue weighted by atomic mass is 35.5. The number of nitrogens with zero attached hydrogens (tertiary/aromatic N) is 1. The molecule has 0 spiro atoms. The molecule has 3 aliphatic carbocycles. The van der Waals surface area contributed by atoms with Crippen molar-refractivity contribution in [2.75, 3.05) is 6.61 Å². The van der Waals surface area contributed by atoms with Crippen LogP contribution in [0, 0.1) is 29.5 Å². The highest BCUT2D eigenvalue weighted by Crippen LogP contribution is 2.43. The highest BCUT2D eigenvalue weighted by Gasteiger charge is 2.47. The molecule has 218 valence electrons. The number of fused-ring (bicyclic) bond motifs is 2. The van der Waals surface area contributed by atoms with Gasteiger partial charge < -0.3 is 16.2 Å². The molecule has 5 atom stereocenters. The lowest BCUT2D eigenvalue weighted by Crippen LogP contribution is -2.39. The number of esters is 1. The lowest BCUT2D eigenvalue weighted by Gasteiger charge is -2.22. The van der Waals surface area contributed by atoms with E-state index >= 15 is 0 Å². The molecule has 6 nitrogen and oxygen atoms in total. The standard InChI is InChI=1S/C22H21Cl2FN2O.C10H15NO2/c23-16-8-9-21(19(24)12-16)27-22-15(10-14-4-3-6-17(25)11-14)5-1-2-7-18(22)20(26)13-28;1-2-13-10(12)8-6-3-4-7(5-6)9(8)11/h3-4,6,8-9,11-13,15H,1-2,5,7,10,26H2;3-4,6-9H,2,5,11H2,1H3/b20-18-,27-22?;/t;6?,7?,8-,9+/m.0/s1. The SMILES string of the molecule is CCOC(=O)[C@H]1C2C=CC(C2)[C@H]1N.N/C(C=O)=C1/CCCCC(Cc2cccc(F)c2)C1=Nc1ccc(Cl)cc1Cl. The van der Waals surface area contributed by atoms with Gasteiger partial charge in [0.2, 0.25) is 0 Å². The summed E-state index contributed by atoms with van der Waals surface area (Å²) in [6, 6.07) is 11.6. The van der Waals surface area contributed by atoms with E-state index in [2.05, 4.69) is 12.2 Å². The van der Waals surface area contributed by atoms with E-state index in [9.17, 15) is 14.0 Å². The third-order valence-electron chi connectivity index (χ3n) is 8.00. The number of carbonyl (C=O) groups is 2. The van der Waals surface area contributed by atoms with Crippen LogP contribution in [0.5, 0.6) is 0 Å². The van der Waals surface area contributed by atoms with Crippen LogP contribution >= 0.6 is 23.2 Å². The summed E-state index contributed by atoms with van der Waals surface area (Å²) in [4.78, 5) is 27.7. The van der Waals surface area contributed by atoms with Gasteiger partial charge in [0.1, 0.15) is 5.82 Å². The Morgan fingerprint density at radius 2 is 1.93 bits per heavy atom. The fourth-order valence-corrected chi connectivity index (χ4v) is 6.46. The molecule has 0 radical (unpaired) electrons. The van der Waals surface area contributed by atoms with Crippen LogP contribution in [-0.4, -0.2) is 30.6 Å². The number of halogens is 3. The molecule has 0 aliphatic heterocycles. The van der Waals surface area contributed by atoms with E-state index in [0.29, 0.717) is 53.3 Å². The molecule has 2 fully saturated rings. The summed E-state index contributed by atoms with van der Waals surface area (Å²) in [7, 11) is 0. The van der Waals surface area contributed by atoms with Gasteiger partial charge in [-0.05, 0) is 86.8 Å². The van der Waals surface area contributed by atoms with Gasteiger partial charge in [-0.1, -0.05) is 53.9 Å². The van der Waals surface area contributed by atoms with Crippen molar-refractivity contribution in [2.24, 2.45) is 40.1 Å². The Morgan fingerprint density at radius 3 is 2.59 bits per heavy atom. The van der Waals surface area contributed by atoms with Gasteiger partial charge in [0.05, 0.1) is 28.9 Å². The number of aldehydes is 1. The van der Waals surface area contributed by atoms with Gasteiger partial charge in [0.25, 0.3) is 0 Å². The second-order valence-corrected chi connectivity index (χ2v) is 11.6. The Balaban J connectivity index is 0.000000247. The minimum absolute atomic E-state index is 0.00421. The molecule has 0 saturated heterocycles.